The average molecular weight is 287 g/mol. The molecule has 1 saturated heterocycles. The number of aliphatic hydroxyl groups is 1. The summed E-state index contributed by atoms with van der Waals surface area (Å²) in [5.41, 5.74) is -0.716. The second kappa shape index (κ2) is 5.44. The highest BCUT2D eigenvalue weighted by atomic mass is 19.4. The van der Waals surface area contributed by atoms with Crippen molar-refractivity contribution in [2.24, 2.45) is 5.92 Å². The Morgan fingerprint density at radius 1 is 1.45 bits per heavy atom. The lowest BCUT2D eigenvalue weighted by Crippen LogP contribution is -2.26. The minimum Gasteiger partial charge on any atom is -0.393 e. The molecule has 0 aromatic heterocycles. The third kappa shape index (κ3) is 2.95. The van der Waals surface area contributed by atoms with Crippen molar-refractivity contribution < 1.29 is 23.1 Å². The van der Waals surface area contributed by atoms with Gasteiger partial charge in [0, 0.05) is 30.3 Å². The number of hydrogen-bond donors (Lipinski definition) is 1. The zero-order valence-corrected chi connectivity index (χ0v) is 11.0. The summed E-state index contributed by atoms with van der Waals surface area (Å²) in [6, 6.07) is 3.59. The van der Waals surface area contributed by atoms with E-state index in [-0.39, 0.29) is 17.2 Å². The first-order valence-electron chi connectivity index (χ1n) is 6.42. The Kier molecular flexibility index (Phi) is 4.04. The summed E-state index contributed by atoms with van der Waals surface area (Å²) >= 11 is 0. The summed E-state index contributed by atoms with van der Waals surface area (Å²) in [5, 5.41) is 9.53. The molecule has 0 aliphatic carbocycles. The van der Waals surface area contributed by atoms with E-state index in [1.807, 2.05) is 0 Å². The molecule has 1 N–H and O–H groups in total. The summed E-state index contributed by atoms with van der Waals surface area (Å²) in [5.74, 6) is -0.0261. The lowest BCUT2D eigenvalue weighted by Gasteiger charge is -2.24. The van der Waals surface area contributed by atoms with Crippen LogP contribution >= 0.6 is 0 Å². The molecule has 2 atom stereocenters. The van der Waals surface area contributed by atoms with Crippen LogP contribution in [0, 0.1) is 5.92 Å². The van der Waals surface area contributed by atoms with Crippen LogP contribution in [-0.4, -0.2) is 30.6 Å². The number of anilines is 1. The molecule has 3 nitrogen and oxygen atoms in total. The first-order chi connectivity index (χ1) is 9.32. The molecule has 1 aromatic rings. The molecule has 1 aliphatic rings. The zero-order chi connectivity index (χ0) is 14.9. The van der Waals surface area contributed by atoms with Crippen molar-refractivity contribution in [2.45, 2.75) is 25.6 Å². The minimum atomic E-state index is -4.50. The normalized spacial score (nSPS) is 21.1. The van der Waals surface area contributed by atoms with E-state index >= 15 is 0 Å². The third-order valence-electron chi connectivity index (χ3n) is 3.71. The second-order valence-electron chi connectivity index (χ2n) is 5.13. The number of carbonyl (C=O) groups excluding carboxylic acids is 1. The molecule has 0 saturated carbocycles. The number of carbonyl (C=O) groups is 1. The van der Waals surface area contributed by atoms with E-state index in [1.165, 1.54) is 12.1 Å². The largest absolute Gasteiger partial charge is 0.418 e. The van der Waals surface area contributed by atoms with E-state index < -0.39 is 17.8 Å². The van der Waals surface area contributed by atoms with Crippen LogP contribution in [0.15, 0.2) is 18.2 Å². The molecular weight excluding hydrogens is 271 g/mol. The first-order valence-corrected chi connectivity index (χ1v) is 6.42. The second-order valence-corrected chi connectivity index (χ2v) is 5.13. The molecule has 0 amide bonds. The molecule has 0 bridgehead atoms. The van der Waals surface area contributed by atoms with Gasteiger partial charge in [-0.2, -0.15) is 13.2 Å². The maximum atomic E-state index is 13.1. The van der Waals surface area contributed by atoms with Crippen LogP contribution in [0.2, 0.25) is 0 Å². The van der Waals surface area contributed by atoms with E-state index in [4.69, 9.17) is 0 Å². The van der Waals surface area contributed by atoms with E-state index in [0.29, 0.717) is 25.8 Å². The van der Waals surface area contributed by atoms with Crippen LogP contribution in [0.4, 0.5) is 18.9 Å². The molecule has 1 heterocycles. The van der Waals surface area contributed by atoms with Crippen LogP contribution in [0.5, 0.6) is 0 Å². The Morgan fingerprint density at radius 2 is 2.15 bits per heavy atom. The fourth-order valence-corrected chi connectivity index (χ4v) is 2.53. The fourth-order valence-electron chi connectivity index (χ4n) is 2.53. The van der Waals surface area contributed by atoms with E-state index in [9.17, 15) is 23.1 Å². The Labute approximate surface area is 115 Å². The quantitative estimate of drug-likeness (QED) is 0.869. The highest BCUT2D eigenvalue weighted by Crippen LogP contribution is 2.39. The smallest absolute Gasteiger partial charge is 0.393 e. The molecule has 2 rings (SSSR count). The fraction of sp³-hybridized carbons (Fsp3) is 0.500. The number of aldehydes is 1. The Bertz CT molecular complexity index is 500. The summed E-state index contributed by atoms with van der Waals surface area (Å²) in [6.07, 6.45) is -3.98. The van der Waals surface area contributed by atoms with Gasteiger partial charge in [0.2, 0.25) is 0 Å². The van der Waals surface area contributed by atoms with Crippen molar-refractivity contribution in [3.8, 4) is 0 Å². The van der Waals surface area contributed by atoms with Gasteiger partial charge in [-0.3, -0.25) is 4.79 Å². The van der Waals surface area contributed by atoms with Crippen LogP contribution in [-0.2, 0) is 6.18 Å². The number of hydrogen-bond acceptors (Lipinski definition) is 3. The molecule has 1 aliphatic heterocycles. The highest BCUT2D eigenvalue weighted by molar-refractivity contribution is 5.77. The molecule has 1 fully saturated rings. The molecular formula is C14H16F3NO2. The molecule has 20 heavy (non-hydrogen) atoms. The monoisotopic (exact) mass is 287 g/mol. The lowest BCUT2D eigenvalue weighted by atomic mass is 10.0. The van der Waals surface area contributed by atoms with E-state index in [1.54, 1.807) is 11.8 Å². The van der Waals surface area contributed by atoms with Gasteiger partial charge in [-0.25, -0.2) is 0 Å². The number of aliphatic hydroxyl groups excluding tert-OH is 1. The van der Waals surface area contributed by atoms with Crippen LogP contribution in [0.3, 0.4) is 0 Å². The van der Waals surface area contributed by atoms with Gasteiger partial charge in [-0.1, -0.05) is 0 Å². The SMILES string of the molecule is CC(O)C1CCN(c2ccc(C=O)cc2C(F)(F)F)C1. The molecule has 0 spiro atoms. The predicted molar refractivity (Wildman–Crippen MR) is 68.8 cm³/mol. The van der Waals surface area contributed by atoms with Crippen molar-refractivity contribution in [3.05, 3.63) is 29.3 Å². The van der Waals surface area contributed by atoms with Crippen LogP contribution < -0.4 is 4.90 Å². The zero-order valence-electron chi connectivity index (χ0n) is 11.0. The van der Waals surface area contributed by atoms with Crippen molar-refractivity contribution in [3.63, 3.8) is 0 Å². The summed E-state index contributed by atoms with van der Waals surface area (Å²) in [4.78, 5) is 12.3. The van der Waals surface area contributed by atoms with Gasteiger partial charge in [0.05, 0.1) is 11.7 Å². The first kappa shape index (κ1) is 14.8. The van der Waals surface area contributed by atoms with Crippen LogP contribution in [0.1, 0.15) is 29.3 Å². The van der Waals surface area contributed by atoms with E-state index in [0.717, 1.165) is 6.07 Å². The van der Waals surface area contributed by atoms with Crippen molar-refractivity contribution in [2.75, 3.05) is 18.0 Å². The van der Waals surface area contributed by atoms with E-state index in [2.05, 4.69) is 0 Å². The molecule has 2 unspecified atom stereocenters. The number of benzene rings is 1. The molecule has 0 radical (unpaired) electrons. The summed E-state index contributed by atoms with van der Waals surface area (Å²) < 4.78 is 39.2. The Balaban J connectivity index is 2.35. The van der Waals surface area contributed by atoms with Crippen LogP contribution in [0.25, 0.3) is 0 Å². The standard InChI is InChI=1S/C14H16F3NO2/c1-9(20)11-4-5-18(7-11)13-3-2-10(8-19)6-12(13)14(15,16)17/h2-3,6,8-9,11,20H,4-5,7H2,1H3. The topological polar surface area (TPSA) is 40.5 Å². The maximum Gasteiger partial charge on any atom is 0.418 e. The molecule has 1 aromatic carbocycles. The third-order valence-corrected chi connectivity index (χ3v) is 3.71. The van der Waals surface area contributed by atoms with Gasteiger partial charge in [-0.15, -0.1) is 0 Å². The Morgan fingerprint density at radius 3 is 2.65 bits per heavy atom. The lowest BCUT2D eigenvalue weighted by molar-refractivity contribution is -0.137. The molecule has 110 valence electrons. The summed E-state index contributed by atoms with van der Waals surface area (Å²) in [6.45, 7) is 2.51. The molecule has 6 heteroatoms. The minimum absolute atomic E-state index is 0.00680. The van der Waals surface area contributed by atoms with Gasteiger partial charge in [0.15, 0.2) is 0 Å². The average Bonchev–Trinajstić information content (AvgIpc) is 2.86. The van der Waals surface area contributed by atoms with Gasteiger partial charge in [0.1, 0.15) is 6.29 Å². The van der Waals surface area contributed by atoms with Gasteiger partial charge in [-0.05, 0) is 31.5 Å². The van der Waals surface area contributed by atoms with Crippen molar-refractivity contribution in [1.82, 2.24) is 0 Å². The van der Waals surface area contributed by atoms with Crippen molar-refractivity contribution in [1.29, 1.82) is 0 Å². The predicted octanol–water partition coefficient (Wildman–Crippen LogP) is 2.73. The number of halogens is 3. The van der Waals surface area contributed by atoms with Gasteiger partial charge >= 0.3 is 6.18 Å². The highest BCUT2D eigenvalue weighted by Gasteiger charge is 2.37. The maximum absolute atomic E-state index is 13.1. The Hall–Kier alpha value is -1.56. The van der Waals surface area contributed by atoms with Crippen molar-refractivity contribution >= 4 is 12.0 Å². The van der Waals surface area contributed by atoms with Gasteiger partial charge < -0.3 is 10.0 Å². The number of alkyl halides is 3. The number of nitrogens with zero attached hydrogens (tertiary/aromatic N) is 1. The van der Waals surface area contributed by atoms with Gasteiger partial charge in [0.25, 0.3) is 0 Å². The number of rotatable bonds is 3. The summed E-state index contributed by atoms with van der Waals surface area (Å²) in [7, 11) is 0.